The molecule has 2 aromatic heterocycles. The number of hydrogen-bond acceptors (Lipinski definition) is 3. The van der Waals surface area contributed by atoms with Crippen LogP contribution in [0.3, 0.4) is 0 Å². The fourth-order valence-corrected chi connectivity index (χ4v) is 5.69. The first kappa shape index (κ1) is 16.2. The first-order chi connectivity index (χ1) is 13.8. The molecule has 2 heterocycles. The molecule has 0 bridgehead atoms. The predicted molar refractivity (Wildman–Crippen MR) is 118 cm³/mol. The Kier molecular flexibility index (Phi) is 3.55. The molecule has 0 amide bonds. The Balaban J connectivity index is 1.68. The molecule has 1 aliphatic carbocycles. The molecule has 0 saturated heterocycles. The maximum atomic E-state index is 6.41. The van der Waals surface area contributed by atoms with E-state index in [-0.39, 0.29) is 0 Å². The zero-order valence-corrected chi connectivity index (χ0v) is 16.5. The van der Waals surface area contributed by atoms with Gasteiger partial charge < -0.3 is 0 Å². The monoisotopic (exact) mass is 398 g/mol. The van der Waals surface area contributed by atoms with E-state index in [1.54, 1.807) is 0 Å². The first-order valence-electron chi connectivity index (χ1n) is 9.35. The molecule has 0 saturated carbocycles. The minimum absolute atomic E-state index is 0.309. The number of rotatable bonds is 1. The summed E-state index contributed by atoms with van der Waals surface area (Å²) in [5, 5.41) is 2.88. The van der Waals surface area contributed by atoms with Crippen LogP contribution in [0.25, 0.3) is 42.7 Å². The highest BCUT2D eigenvalue weighted by atomic mass is 35.5. The van der Waals surface area contributed by atoms with E-state index >= 15 is 0 Å². The highest BCUT2D eigenvalue weighted by Crippen LogP contribution is 2.43. The van der Waals surface area contributed by atoms with E-state index in [0.29, 0.717) is 5.28 Å². The van der Waals surface area contributed by atoms with Gasteiger partial charge in [-0.1, -0.05) is 60.7 Å². The molecule has 5 aromatic rings. The van der Waals surface area contributed by atoms with Gasteiger partial charge in [-0.3, -0.25) is 0 Å². The number of hydrogen-bond donors (Lipinski definition) is 0. The average Bonchev–Trinajstić information content (AvgIpc) is 3.12. The Morgan fingerprint density at radius 3 is 2.36 bits per heavy atom. The van der Waals surface area contributed by atoms with E-state index in [4.69, 9.17) is 16.6 Å². The Labute approximate surface area is 171 Å². The molecule has 0 fully saturated rings. The van der Waals surface area contributed by atoms with Crippen LogP contribution in [0.2, 0.25) is 5.28 Å². The molecule has 0 radical (unpaired) electrons. The topological polar surface area (TPSA) is 25.8 Å². The van der Waals surface area contributed by atoms with Crippen LogP contribution in [0.4, 0.5) is 0 Å². The minimum atomic E-state index is 0.309. The Hall–Kier alpha value is -2.75. The van der Waals surface area contributed by atoms with Gasteiger partial charge in [0, 0.05) is 36.9 Å². The molecule has 0 unspecified atom stereocenters. The SMILES string of the molecule is Clc1nc2c(c(-c3cccc4c3sc3ccccc34)n1)CCc1ccccc1-2. The van der Waals surface area contributed by atoms with Crippen molar-refractivity contribution in [2.45, 2.75) is 12.8 Å². The maximum absolute atomic E-state index is 6.41. The van der Waals surface area contributed by atoms with Crippen LogP contribution in [0.5, 0.6) is 0 Å². The number of halogens is 1. The quantitative estimate of drug-likeness (QED) is 0.286. The van der Waals surface area contributed by atoms with E-state index in [1.807, 2.05) is 11.3 Å². The van der Waals surface area contributed by atoms with Crippen molar-refractivity contribution in [1.82, 2.24) is 9.97 Å². The van der Waals surface area contributed by atoms with E-state index in [1.165, 1.54) is 36.9 Å². The second-order valence-electron chi connectivity index (χ2n) is 7.11. The van der Waals surface area contributed by atoms with Gasteiger partial charge in [0.25, 0.3) is 0 Å². The molecule has 4 heteroatoms. The normalized spacial score (nSPS) is 12.9. The molecule has 1 aliphatic rings. The van der Waals surface area contributed by atoms with Crippen LogP contribution < -0.4 is 0 Å². The third-order valence-electron chi connectivity index (χ3n) is 5.56. The molecule has 28 heavy (non-hydrogen) atoms. The third-order valence-corrected chi connectivity index (χ3v) is 6.94. The van der Waals surface area contributed by atoms with Crippen molar-refractivity contribution in [3.05, 3.63) is 83.1 Å². The number of fused-ring (bicyclic) bond motifs is 6. The smallest absolute Gasteiger partial charge is 0.218 e. The molecule has 3 aromatic carbocycles. The number of nitrogens with zero attached hydrogens (tertiary/aromatic N) is 2. The lowest BCUT2D eigenvalue weighted by atomic mass is 9.87. The summed E-state index contributed by atoms with van der Waals surface area (Å²) in [6.45, 7) is 0. The molecule has 2 nitrogen and oxygen atoms in total. The molecule has 0 N–H and O–H groups in total. The molecule has 0 atom stereocenters. The van der Waals surface area contributed by atoms with Gasteiger partial charge in [0.15, 0.2) is 0 Å². The van der Waals surface area contributed by atoms with Crippen LogP contribution in [-0.2, 0) is 12.8 Å². The van der Waals surface area contributed by atoms with Crippen molar-refractivity contribution in [3.63, 3.8) is 0 Å². The van der Waals surface area contributed by atoms with Gasteiger partial charge in [-0.25, -0.2) is 9.97 Å². The van der Waals surface area contributed by atoms with Gasteiger partial charge in [0.05, 0.1) is 11.4 Å². The van der Waals surface area contributed by atoms with E-state index in [0.717, 1.165) is 29.8 Å². The summed E-state index contributed by atoms with van der Waals surface area (Å²) in [6, 6.07) is 23.5. The largest absolute Gasteiger partial charge is 0.223 e. The predicted octanol–water partition coefficient (Wildman–Crippen LogP) is 6.93. The van der Waals surface area contributed by atoms with Crippen LogP contribution in [0.1, 0.15) is 11.1 Å². The molecular formula is C24H15ClN2S. The van der Waals surface area contributed by atoms with Crippen molar-refractivity contribution in [2.24, 2.45) is 0 Å². The highest BCUT2D eigenvalue weighted by Gasteiger charge is 2.24. The van der Waals surface area contributed by atoms with Crippen molar-refractivity contribution >= 4 is 43.1 Å². The lowest BCUT2D eigenvalue weighted by Gasteiger charge is -2.21. The summed E-state index contributed by atoms with van der Waals surface area (Å²) < 4.78 is 2.56. The van der Waals surface area contributed by atoms with Gasteiger partial charge in [-0.2, -0.15) is 0 Å². The lowest BCUT2D eigenvalue weighted by molar-refractivity contribution is 0.915. The summed E-state index contributed by atoms with van der Waals surface area (Å²) in [6.07, 6.45) is 1.93. The number of aromatic nitrogens is 2. The van der Waals surface area contributed by atoms with Gasteiger partial charge in [0.1, 0.15) is 0 Å². The summed E-state index contributed by atoms with van der Waals surface area (Å²) in [4.78, 5) is 9.33. The van der Waals surface area contributed by atoms with Crippen LogP contribution in [-0.4, -0.2) is 9.97 Å². The standard InChI is InChI=1S/C24H15ClN2S/c25-24-26-21-15-7-2-1-6-14(15)12-13-18(21)22(27-24)19-10-5-9-17-16-8-3-4-11-20(16)28-23(17)19/h1-11H,12-13H2. The zero-order chi connectivity index (χ0) is 18.7. The van der Waals surface area contributed by atoms with Crippen LogP contribution >= 0.6 is 22.9 Å². The second-order valence-corrected chi connectivity index (χ2v) is 8.50. The van der Waals surface area contributed by atoms with Crippen molar-refractivity contribution in [3.8, 4) is 22.5 Å². The van der Waals surface area contributed by atoms with Gasteiger partial charge in [0.2, 0.25) is 5.28 Å². The van der Waals surface area contributed by atoms with Crippen molar-refractivity contribution in [1.29, 1.82) is 0 Å². The van der Waals surface area contributed by atoms with E-state index in [2.05, 4.69) is 71.7 Å². The summed E-state index contributed by atoms with van der Waals surface area (Å²) >= 11 is 8.23. The molecule has 6 rings (SSSR count). The highest BCUT2D eigenvalue weighted by molar-refractivity contribution is 7.26. The fourth-order valence-electron chi connectivity index (χ4n) is 4.30. The van der Waals surface area contributed by atoms with Crippen LogP contribution in [0, 0.1) is 0 Å². The number of benzene rings is 3. The minimum Gasteiger partial charge on any atom is -0.218 e. The lowest BCUT2D eigenvalue weighted by Crippen LogP contribution is -2.09. The summed E-state index contributed by atoms with van der Waals surface area (Å²) in [5.74, 6) is 0. The molecule has 0 spiro atoms. The number of aryl methyl sites for hydroxylation is 1. The van der Waals surface area contributed by atoms with Crippen molar-refractivity contribution < 1.29 is 0 Å². The molecule has 0 aliphatic heterocycles. The summed E-state index contributed by atoms with van der Waals surface area (Å²) in [7, 11) is 0. The average molecular weight is 399 g/mol. The first-order valence-corrected chi connectivity index (χ1v) is 10.5. The van der Waals surface area contributed by atoms with E-state index < -0.39 is 0 Å². The van der Waals surface area contributed by atoms with Gasteiger partial charge in [-0.05, 0) is 36.1 Å². The Bertz CT molecular complexity index is 1390. The Morgan fingerprint density at radius 1 is 0.714 bits per heavy atom. The molecule has 134 valence electrons. The van der Waals surface area contributed by atoms with E-state index in [9.17, 15) is 0 Å². The van der Waals surface area contributed by atoms with Gasteiger partial charge in [-0.15, -0.1) is 11.3 Å². The molecular weight excluding hydrogens is 384 g/mol. The number of thiophene rings is 1. The zero-order valence-electron chi connectivity index (χ0n) is 14.9. The second kappa shape index (κ2) is 6.13. The fraction of sp³-hybridized carbons (Fsp3) is 0.0833. The maximum Gasteiger partial charge on any atom is 0.223 e. The Morgan fingerprint density at radius 2 is 1.43 bits per heavy atom. The van der Waals surface area contributed by atoms with Crippen molar-refractivity contribution in [2.75, 3.05) is 0 Å². The summed E-state index contributed by atoms with van der Waals surface area (Å²) in [5.41, 5.74) is 6.82. The van der Waals surface area contributed by atoms with Crippen LogP contribution in [0.15, 0.2) is 66.7 Å². The van der Waals surface area contributed by atoms with Gasteiger partial charge >= 0.3 is 0 Å². The third kappa shape index (κ3) is 2.33.